The molecule has 1 saturated heterocycles. The third kappa shape index (κ3) is 3.99. The second kappa shape index (κ2) is 7.84. The highest BCUT2D eigenvalue weighted by Gasteiger charge is 2.26. The van der Waals surface area contributed by atoms with Gasteiger partial charge in [-0.3, -0.25) is 14.5 Å². The highest BCUT2D eigenvalue weighted by atomic mass is 16.1. The number of hydrogen-bond donors (Lipinski definition) is 0. The molecule has 1 aliphatic rings. The second-order valence-corrected chi connectivity index (χ2v) is 8.19. The summed E-state index contributed by atoms with van der Waals surface area (Å²) in [5, 5.41) is 6.47. The largest absolute Gasteiger partial charge is 0.301 e. The van der Waals surface area contributed by atoms with Crippen LogP contribution in [0.15, 0.2) is 42.9 Å². The zero-order valence-corrected chi connectivity index (χ0v) is 16.9. The predicted octanol–water partition coefficient (Wildman–Crippen LogP) is 3.87. The summed E-state index contributed by atoms with van der Waals surface area (Å²) in [6.45, 7) is 6.49. The minimum atomic E-state index is 0.175. The van der Waals surface area contributed by atoms with E-state index >= 15 is 0 Å². The second-order valence-electron chi connectivity index (χ2n) is 8.19. The van der Waals surface area contributed by atoms with Crippen molar-refractivity contribution in [3.8, 4) is 11.1 Å². The molecule has 1 aliphatic heterocycles. The first-order chi connectivity index (χ1) is 13.5. The van der Waals surface area contributed by atoms with Gasteiger partial charge in [0.2, 0.25) is 0 Å². The van der Waals surface area contributed by atoms with Crippen LogP contribution in [0, 0.1) is 5.92 Å². The van der Waals surface area contributed by atoms with Crippen molar-refractivity contribution in [1.82, 2.24) is 19.7 Å². The SMILES string of the molecule is CC(C)N1CCC(C(=O)Cc2cc3cc(-c4cnn(C)c4)ccc3cn2)CC1. The Kier molecular flexibility index (Phi) is 5.27. The lowest BCUT2D eigenvalue weighted by molar-refractivity contribution is -0.123. The molecule has 0 bridgehead atoms. The van der Waals surface area contributed by atoms with E-state index in [0.717, 1.165) is 53.5 Å². The van der Waals surface area contributed by atoms with Gasteiger partial charge in [0.15, 0.2) is 0 Å². The maximum absolute atomic E-state index is 12.8. The zero-order valence-electron chi connectivity index (χ0n) is 16.9. The van der Waals surface area contributed by atoms with E-state index < -0.39 is 0 Å². The van der Waals surface area contributed by atoms with E-state index in [9.17, 15) is 4.79 Å². The number of likely N-dealkylation sites (tertiary alicyclic amines) is 1. The summed E-state index contributed by atoms with van der Waals surface area (Å²) in [4.78, 5) is 19.8. The molecule has 0 atom stereocenters. The minimum absolute atomic E-state index is 0.175. The van der Waals surface area contributed by atoms with Gasteiger partial charge < -0.3 is 4.90 Å². The molecular formula is C23H28N4O. The molecular weight excluding hydrogens is 348 g/mol. The van der Waals surface area contributed by atoms with Crippen LogP contribution in [0.3, 0.4) is 0 Å². The summed E-state index contributed by atoms with van der Waals surface area (Å²) >= 11 is 0. The molecule has 0 radical (unpaired) electrons. The van der Waals surface area contributed by atoms with Crippen LogP contribution in [0.5, 0.6) is 0 Å². The van der Waals surface area contributed by atoms with Gasteiger partial charge in [-0.2, -0.15) is 5.10 Å². The molecule has 0 amide bonds. The summed E-state index contributed by atoms with van der Waals surface area (Å²) in [5.41, 5.74) is 3.09. The molecule has 0 spiro atoms. The fraction of sp³-hybridized carbons (Fsp3) is 0.435. The number of piperidine rings is 1. The van der Waals surface area contributed by atoms with Crippen LogP contribution in [0.25, 0.3) is 21.9 Å². The van der Waals surface area contributed by atoms with E-state index in [1.165, 1.54) is 0 Å². The van der Waals surface area contributed by atoms with Crippen molar-refractivity contribution in [2.24, 2.45) is 13.0 Å². The average molecular weight is 377 g/mol. The molecule has 5 heteroatoms. The average Bonchev–Trinajstić information content (AvgIpc) is 3.14. The molecule has 146 valence electrons. The third-order valence-electron chi connectivity index (χ3n) is 5.89. The molecule has 4 rings (SSSR count). The van der Waals surface area contributed by atoms with Crippen molar-refractivity contribution in [2.75, 3.05) is 13.1 Å². The van der Waals surface area contributed by atoms with Crippen LogP contribution in [-0.2, 0) is 18.3 Å². The maximum atomic E-state index is 12.8. The first-order valence-electron chi connectivity index (χ1n) is 10.1. The summed E-state index contributed by atoms with van der Waals surface area (Å²) in [6.07, 6.45) is 8.13. The first kappa shape index (κ1) is 18.8. The monoisotopic (exact) mass is 376 g/mol. The van der Waals surface area contributed by atoms with Crippen LogP contribution in [0.2, 0.25) is 0 Å². The molecule has 0 unspecified atom stereocenters. The number of benzene rings is 1. The molecule has 0 saturated carbocycles. The van der Waals surface area contributed by atoms with Crippen molar-refractivity contribution in [3.63, 3.8) is 0 Å². The van der Waals surface area contributed by atoms with Crippen LogP contribution < -0.4 is 0 Å². The molecule has 5 nitrogen and oxygen atoms in total. The van der Waals surface area contributed by atoms with E-state index in [1.807, 2.05) is 25.6 Å². The maximum Gasteiger partial charge on any atom is 0.142 e. The Hall–Kier alpha value is -2.53. The van der Waals surface area contributed by atoms with Crippen LogP contribution in [0.1, 0.15) is 32.4 Å². The standard InChI is InChI=1S/C23H28N4O/c1-16(2)27-8-6-17(7-9-27)23(28)12-22-11-20-10-18(4-5-19(20)13-24-22)21-14-25-26(3)15-21/h4-5,10-11,13-17H,6-9,12H2,1-3H3. The first-order valence-corrected chi connectivity index (χ1v) is 10.1. The third-order valence-corrected chi connectivity index (χ3v) is 5.89. The van der Waals surface area contributed by atoms with Crippen LogP contribution in [0.4, 0.5) is 0 Å². The number of ketones is 1. The van der Waals surface area contributed by atoms with Gasteiger partial charge >= 0.3 is 0 Å². The zero-order chi connectivity index (χ0) is 19.7. The molecule has 0 N–H and O–H groups in total. The van der Waals surface area contributed by atoms with E-state index in [-0.39, 0.29) is 5.92 Å². The Morgan fingerprint density at radius 1 is 1.11 bits per heavy atom. The Morgan fingerprint density at radius 3 is 2.57 bits per heavy atom. The van der Waals surface area contributed by atoms with Crippen LogP contribution in [-0.4, -0.2) is 44.6 Å². The minimum Gasteiger partial charge on any atom is -0.301 e. The lowest BCUT2D eigenvalue weighted by Crippen LogP contribution is -2.40. The van der Waals surface area contributed by atoms with E-state index in [0.29, 0.717) is 18.2 Å². The number of Topliss-reactive ketones (excluding diaryl/α,β-unsaturated/α-hetero) is 1. The normalized spacial score (nSPS) is 16.1. The smallest absolute Gasteiger partial charge is 0.142 e. The van der Waals surface area contributed by atoms with Crippen molar-refractivity contribution in [2.45, 2.75) is 39.2 Å². The molecule has 2 aromatic heterocycles. The summed E-state index contributed by atoms with van der Waals surface area (Å²) < 4.78 is 1.81. The predicted molar refractivity (Wildman–Crippen MR) is 112 cm³/mol. The van der Waals surface area contributed by atoms with E-state index in [4.69, 9.17) is 0 Å². The van der Waals surface area contributed by atoms with Crippen molar-refractivity contribution in [1.29, 1.82) is 0 Å². The number of aromatic nitrogens is 3. The highest BCUT2D eigenvalue weighted by Crippen LogP contribution is 2.25. The number of fused-ring (bicyclic) bond motifs is 1. The summed E-state index contributed by atoms with van der Waals surface area (Å²) in [7, 11) is 1.92. The number of nitrogens with zero attached hydrogens (tertiary/aromatic N) is 4. The van der Waals surface area contributed by atoms with Crippen LogP contribution >= 0.6 is 0 Å². The number of carbonyl (C=O) groups excluding carboxylic acids is 1. The Balaban J connectivity index is 1.49. The molecule has 3 heterocycles. The van der Waals surface area contributed by atoms with Gasteiger partial charge in [0.05, 0.1) is 6.20 Å². The van der Waals surface area contributed by atoms with Gasteiger partial charge in [0.25, 0.3) is 0 Å². The number of rotatable bonds is 5. The lowest BCUT2D eigenvalue weighted by Gasteiger charge is -2.33. The van der Waals surface area contributed by atoms with E-state index in [2.05, 4.69) is 53.1 Å². The number of hydrogen-bond acceptors (Lipinski definition) is 4. The highest BCUT2D eigenvalue weighted by molar-refractivity contribution is 5.88. The lowest BCUT2D eigenvalue weighted by atomic mass is 9.89. The molecule has 0 aliphatic carbocycles. The quantitative estimate of drug-likeness (QED) is 0.678. The molecule has 1 fully saturated rings. The Labute approximate surface area is 166 Å². The summed E-state index contributed by atoms with van der Waals surface area (Å²) in [5.74, 6) is 0.507. The Morgan fingerprint density at radius 2 is 1.89 bits per heavy atom. The van der Waals surface area contributed by atoms with Gasteiger partial charge in [0, 0.05) is 54.5 Å². The fourth-order valence-corrected chi connectivity index (χ4v) is 4.09. The molecule has 3 aromatic rings. The number of pyridine rings is 1. The van der Waals surface area contributed by atoms with Gasteiger partial charge in [-0.1, -0.05) is 12.1 Å². The summed E-state index contributed by atoms with van der Waals surface area (Å²) in [6, 6.07) is 8.96. The molecule has 1 aromatic carbocycles. The van der Waals surface area contributed by atoms with Crippen molar-refractivity contribution < 1.29 is 4.79 Å². The molecule has 28 heavy (non-hydrogen) atoms. The van der Waals surface area contributed by atoms with Gasteiger partial charge in [-0.05, 0) is 62.9 Å². The fourth-order valence-electron chi connectivity index (χ4n) is 4.09. The number of aryl methyl sites for hydroxylation is 1. The number of carbonyl (C=O) groups is 1. The van der Waals surface area contributed by atoms with E-state index in [1.54, 1.807) is 4.68 Å². The van der Waals surface area contributed by atoms with Gasteiger partial charge in [-0.15, -0.1) is 0 Å². The van der Waals surface area contributed by atoms with Gasteiger partial charge in [0.1, 0.15) is 5.78 Å². The Bertz CT molecular complexity index is 983. The van der Waals surface area contributed by atoms with Crippen molar-refractivity contribution >= 4 is 16.6 Å². The van der Waals surface area contributed by atoms with Crippen molar-refractivity contribution in [3.05, 3.63) is 48.5 Å². The van der Waals surface area contributed by atoms with Gasteiger partial charge in [-0.25, -0.2) is 0 Å². The topological polar surface area (TPSA) is 51.0 Å².